The largest absolute Gasteiger partial charge is 0.481 e. The molecule has 0 saturated carbocycles. The molecule has 0 radical (unpaired) electrons. The van der Waals surface area contributed by atoms with Crippen molar-refractivity contribution in [3.05, 3.63) is 64.2 Å². The number of rotatable bonds is 6. The van der Waals surface area contributed by atoms with Crippen molar-refractivity contribution in [1.29, 1.82) is 0 Å². The predicted octanol–water partition coefficient (Wildman–Crippen LogP) is 3.29. The molecule has 1 aromatic rings. The Morgan fingerprint density at radius 3 is 2.26 bits per heavy atom. The lowest BCUT2D eigenvalue weighted by molar-refractivity contribution is -0.384. The monoisotopic (exact) mass is 377 g/mol. The van der Waals surface area contributed by atoms with Gasteiger partial charge >= 0.3 is 11.9 Å². The van der Waals surface area contributed by atoms with Gasteiger partial charge in [0.1, 0.15) is 0 Å². The summed E-state index contributed by atoms with van der Waals surface area (Å²) >= 11 is 0. The molecule has 1 aromatic carbocycles. The maximum absolute atomic E-state index is 11.4. The lowest BCUT2D eigenvalue weighted by Crippen LogP contribution is -2.41. The first-order valence-corrected chi connectivity index (χ1v) is 8.26. The molecule has 0 amide bonds. The number of para-hydroxylation sites is 1. The fraction of sp³-hybridized carbons (Fsp3) is 0.368. The Morgan fingerprint density at radius 1 is 1.26 bits per heavy atom. The number of non-ortho nitro benzene ring substituents is 1. The van der Waals surface area contributed by atoms with E-state index in [1.165, 1.54) is 37.3 Å². The first-order chi connectivity index (χ1) is 12.6. The molecule has 1 aliphatic carbocycles. The van der Waals surface area contributed by atoms with Gasteiger partial charge in [0.15, 0.2) is 0 Å². The number of hydrogen-bond acceptors (Lipinski definition) is 5. The third-order valence-electron chi connectivity index (χ3n) is 4.09. The van der Waals surface area contributed by atoms with Crippen LogP contribution in [0.4, 0.5) is 5.69 Å². The Morgan fingerprint density at radius 2 is 1.85 bits per heavy atom. The van der Waals surface area contributed by atoms with Crippen LogP contribution in [0.25, 0.3) is 0 Å². The van der Waals surface area contributed by atoms with Crippen molar-refractivity contribution in [2.24, 2.45) is 11.3 Å². The van der Waals surface area contributed by atoms with Crippen LogP contribution in [0.1, 0.15) is 20.8 Å². The van der Waals surface area contributed by atoms with E-state index in [-0.39, 0.29) is 24.0 Å². The van der Waals surface area contributed by atoms with Crippen LogP contribution >= 0.6 is 0 Å². The summed E-state index contributed by atoms with van der Waals surface area (Å²) in [7, 11) is 0. The molecule has 146 valence electrons. The van der Waals surface area contributed by atoms with E-state index in [0.29, 0.717) is 0 Å². The zero-order chi connectivity index (χ0) is 20.6. The minimum atomic E-state index is -1.25. The van der Waals surface area contributed by atoms with Crippen LogP contribution in [-0.2, 0) is 14.3 Å². The zero-order valence-electron chi connectivity index (χ0n) is 15.4. The van der Waals surface area contributed by atoms with Crippen molar-refractivity contribution in [3.8, 4) is 0 Å². The molecule has 0 saturated heterocycles. The number of nitrogens with zero attached hydrogens (tertiary/aromatic N) is 1. The van der Waals surface area contributed by atoms with E-state index in [1.807, 2.05) is 13.8 Å². The van der Waals surface area contributed by atoms with E-state index in [9.17, 15) is 24.8 Å². The first kappa shape index (κ1) is 22.0. The lowest BCUT2D eigenvalue weighted by atomic mass is 9.70. The molecule has 27 heavy (non-hydrogen) atoms. The van der Waals surface area contributed by atoms with E-state index in [1.54, 1.807) is 18.2 Å². The van der Waals surface area contributed by atoms with Crippen LogP contribution in [-0.4, -0.2) is 39.8 Å². The van der Waals surface area contributed by atoms with Gasteiger partial charge in [-0.2, -0.15) is 0 Å². The fourth-order valence-corrected chi connectivity index (χ4v) is 2.45. The molecule has 2 N–H and O–H groups in total. The van der Waals surface area contributed by atoms with Gasteiger partial charge in [0, 0.05) is 23.6 Å². The topological polar surface area (TPSA) is 127 Å². The van der Waals surface area contributed by atoms with Crippen LogP contribution in [0.3, 0.4) is 0 Å². The normalized spacial score (nSPS) is 21.0. The summed E-state index contributed by atoms with van der Waals surface area (Å²) < 4.78 is 5.41. The molecule has 8 nitrogen and oxygen atoms in total. The highest BCUT2D eigenvalue weighted by Crippen LogP contribution is 2.38. The Balaban J connectivity index is 0.000000337. The molecule has 0 spiro atoms. The summed E-state index contributed by atoms with van der Waals surface area (Å²) in [5, 5.41) is 28.4. The maximum Gasteiger partial charge on any atom is 0.331 e. The summed E-state index contributed by atoms with van der Waals surface area (Å²) in [4.78, 5) is 32.1. The molecule has 0 bridgehead atoms. The number of benzene rings is 1. The maximum atomic E-state index is 11.4. The van der Waals surface area contributed by atoms with Gasteiger partial charge in [-0.3, -0.25) is 14.9 Å². The first-order valence-electron chi connectivity index (χ1n) is 8.26. The summed E-state index contributed by atoms with van der Waals surface area (Å²) in [6.07, 6.45) is 4.34. The highest BCUT2D eigenvalue weighted by Gasteiger charge is 2.44. The minimum absolute atomic E-state index is 0.0723. The van der Waals surface area contributed by atoms with Crippen molar-refractivity contribution in [2.45, 2.75) is 26.9 Å². The molecule has 2 atom stereocenters. The summed E-state index contributed by atoms with van der Waals surface area (Å²) in [6.45, 7) is 5.22. The lowest BCUT2D eigenvalue weighted by Gasteiger charge is -2.34. The number of hydrogen-bond donors (Lipinski definition) is 2. The molecule has 8 heteroatoms. The van der Waals surface area contributed by atoms with Crippen LogP contribution in [0.15, 0.2) is 54.1 Å². The number of carbonyl (C=O) groups is 2. The molecule has 0 aliphatic heterocycles. The molecule has 0 fully saturated rings. The Labute approximate surface area is 156 Å². The van der Waals surface area contributed by atoms with Crippen molar-refractivity contribution in [2.75, 3.05) is 6.61 Å². The molecule has 1 aliphatic rings. The third kappa shape index (κ3) is 6.03. The second-order valence-electron chi connectivity index (χ2n) is 6.40. The smallest absolute Gasteiger partial charge is 0.331 e. The van der Waals surface area contributed by atoms with E-state index < -0.39 is 28.2 Å². The second kappa shape index (κ2) is 9.63. The molecule has 2 rings (SSSR count). The molecule has 0 aromatic heterocycles. The van der Waals surface area contributed by atoms with Crippen LogP contribution in [0, 0.1) is 21.4 Å². The summed E-state index contributed by atoms with van der Waals surface area (Å²) in [5.41, 5.74) is -1.04. The van der Waals surface area contributed by atoms with Gasteiger partial charge in [0.05, 0.1) is 23.0 Å². The van der Waals surface area contributed by atoms with Crippen LogP contribution < -0.4 is 0 Å². The van der Waals surface area contributed by atoms with E-state index >= 15 is 0 Å². The Bertz CT molecular complexity index is 740. The number of carboxylic acids is 2. The fourth-order valence-electron chi connectivity index (χ4n) is 2.45. The number of nitro groups is 1. The van der Waals surface area contributed by atoms with Crippen molar-refractivity contribution < 1.29 is 29.5 Å². The molecule has 0 heterocycles. The van der Waals surface area contributed by atoms with Crippen LogP contribution in [0.5, 0.6) is 0 Å². The minimum Gasteiger partial charge on any atom is -0.481 e. The predicted molar refractivity (Wildman–Crippen MR) is 98.3 cm³/mol. The molecular formula is C19H23NO7. The van der Waals surface area contributed by atoms with Gasteiger partial charge in [0.25, 0.3) is 5.69 Å². The van der Waals surface area contributed by atoms with Gasteiger partial charge in [-0.05, 0) is 20.8 Å². The zero-order valence-corrected chi connectivity index (χ0v) is 15.4. The number of carboxylic acid groups (broad SMARTS) is 2. The van der Waals surface area contributed by atoms with E-state index in [0.717, 1.165) is 0 Å². The van der Waals surface area contributed by atoms with Gasteiger partial charge in [-0.15, -0.1) is 0 Å². The molecule has 2 unspecified atom stereocenters. The second-order valence-corrected chi connectivity index (χ2v) is 6.40. The summed E-state index contributed by atoms with van der Waals surface area (Å²) in [5.74, 6) is -2.85. The van der Waals surface area contributed by atoms with Gasteiger partial charge in [0.2, 0.25) is 0 Å². The van der Waals surface area contributed by atoms with Gasteiger partial charge < -0.3 is 14.9 Å². The molecular weight excluding hydrogens is 354 g/mol. The van der Waals surface area contributed by atoms with E-state index in [2.05, 4.69) is 0 Å². The van der Waals surface area contributed by atoms with Crippen molar-refractivity contribution in [1.82, 2.24) is 0 Å². The highest BCUT2D eigenvalue weighted by atomic mass is 16.6. The standard InChI is InChI=1S/C13H18O5.C6H5NO2/c1-8(2)18-7-10-9(11(14)15)5-4-6-13(10,3)12(16)17;8-7(9)6-4-2-1-3-5-6/h4-6,8,10H,7H2,1-3H3,(H,14,15)(H,16,17);1-5H. The Kier molecular flexibility index (Phi) is 7.86. The SMILES string of the molecule is CC(C)OCC1C(C(=O)O)=CC=CC1(C)C(=O)O.O=[N+]([O-])c1ccccc1. The van der Waals surface area contributed by atoms with Crippen molar-refractivity contribution >= 4 is 17.6 Å². The quantitative estimate of drug-likeness (QED) is 0.575. The summed E-state index contributed by atoms with van der Waals surface area (Å²) in [6, 6.07) is 7.93. The average molecular weight is 377 g/mol. The van der Waals surface area contributed by atoms with Crippen molar-refractivity contribution in [3.63, 3.8) is 0 Å². The average Bonchev–Trinajstić information content (AvgIpc) is 2.61. The number of ether oxygens (including phenoxy) is 1. The van der Waals surface area contributed by atoms with Gasteiger partial charge in [-0.25, -0.2) is 4.79 Å². The van der Waals surface area contributed by atoms with Gasteiger partial charge in [-0.1, -0.05) is 36.4 Å². The van der Waals surface area contributed by atoms with Crippen LogP contribution in [0.2, 0.25) is 0 Å². The highest BCUT2D eigenvalue weighted by molar-refractivity contribution is 5.91. The van der Waals surface area contributed by atoms with E-state index in [4.69, 9.17) is 9.84 Å². The number of nitro benzene ring substituents is 1. The number of allylic oxidation sites excluding steroid dienone is 2. The Hall–Kier alpha value is -3.00. The number of aliphatic carboxylic acids is 2. The third-order valence-corrected chi connectivity index (χ3v) is 4.09.